The first-order valence-electron chi connectivity index (χ1n) is 10.5. The van der Waals surface area contributed by atoms with Gasteiger partial charge in [-0.3, -0.25) is 24.5 Å². The lowest BCUT2D eigenvalue weighted by atomic mass is 9.91. The fourth-order valence-electron chi connectivity index (χ4n) is 4.58. The second-order valence-electron chi connectivity index (χ2n) is 8.32. The normalized spacial score (nSPS) is 25.3. The van der Waals surface area contributed by atoms with Crippen LogP contribution in [0.3, 0.4) is 0 Å². The molecule has 0 aliphatic carbocycles. The molecule has 0 spiro atoms. The molecule has 9 heteroatoms. The van der Waals surface area contributed by atoms with Gasteiger partial charge in [0.05, 0.1) is 11.8 Å². The van der Waals surface area contributed by atoms with Crippen LogP contribution in [0.5, 0.6) is 0 Å². The number of piperidine rings is 2. The van der Waals surface area contributed by atoms with Crippen molar-refractivity contribution >= 4 is 29.5 Å². The number of amides is 3. The number of aliphatic carboxylic acids is 1. The van der Waals surface area contributed by atoms with Crippen molar-refractivity contribution in [3.63, 3.8) is 0 Å². The second kappa shape index (κ2) is 8.41. The summed E-state index contributed by atoms with van der Waals surface area (Å²) in [6.07, 6.45) is 4.49. The summed E-state index contributed by atoms with van der Waals surface area (Å²) in [7, 11) is 0. The number of carboxylic acid groups (broad SMARTS) is 1. The molecule has 0 aromatic carbocycles. The Labute approximate surface area is 174 Å². The molecule has 30 heavy (non-hydrogen) atoms. The van der Waals surface area contributed by atoms with Gasteiger partial charge in [-0.05, 0) is 37.3 Å². The van der Waals surface area contributed by atoms with Gasteiger partial charge in [0, 0.05) is 44.7 Å². The van der Waals surface area contributed by atoms with Crippen molar-refractivity contribution in [3.05, 3.63) is 23.9 Å². The quantitative estimate of drug-likeness (QED) is 0.698. The van der Waals surface area contributed by atoms with Gasteiger partial charge in [-0.25, -0.2) is 4.98 Å². The van der Waals surface area contributed by atoms with E-state index < -0.39 is 11.9 Å². The minimum Gasteiger partial charge on any atom is -0.481 e. The Morgan fingerprint density at radius 2 is 1.77 bits per heavy atom. The zero-order chi connectivity index (χ0) is 21.3. The Hall–Kier alpha value is -2.97. The third-order valence-corrected chi connectivity index (χ3v) is 6.43. The highest BCUT2D eigenvalue weighted by Gasteiger charge is 2.35. The van der Waals surface area contributed by atoms with Gasteiger partial charge in [-0.2, -0.15) is 0 Å². The van der Waals surface area contributed by atoms with E-state index in [9.17, 15) is 19.2 Å². The van der Waals surface area contributed by atoms with Gasteiger partial charge >= 0.3 is 5.97 Å². The zero-order valence-electron chi connectivity index (χ0n) is 16.7. The molecule has 0 saturated carbocycles. The standard InChI is InChI=1S/C21H26N4O5/c26-18-4-2-16(19(27)23-18)14-1-3-17(22-11-14)24-8-5-13(6-9-24)20(28)25-10-7-15(12-25)21(29)30/h1,3,11,13,15-16H,2,4-10,12H2,(H,29,30)(H,23,26,27)/t15-,16?/m1/s1. The molecule has 9 nitrogen and oxygen atoms in total. The Kier molecular flexibility index (Phi) is 5.69. The number of aromatic nitrogens is 1. The van der Waals surface area contributed by atoms with Gasteiger partial charge < -0.3 is 14.9 Å². The van der Waals surface area contributed by atoms with Crippen molar-refractivity contribution in [2.45, 2.75) is 38.0 Å². The fourth-order valence-corrected chi connectivity index (χ4v) is 4.58. The summed E-state index contributed by atoms with van der Waals surface area (Å²) in [5.41, 5.74) is 0.802. The average Bonchev–Trinajstić information content (AvgIpc) is 3.24. The minimum absolute atomic E-state index is 0.0690. The van der Waals surface area contributed by atoms with Crippen LogP contribution in [0.15, 0.2) is 18.3 Å². The van der Waals surface area contributed by atoms with E-state index >= 15 is 0 Å². The number of pyridine rings is 1. The number of anilines is 1. The van der Waals surface area contributed by atoms with Crippen LogP contribution < -0.4 is 10.2 Å². The molecular weight excluding hydrogens is 388 g/mol. The molecule has 4 rings (SSSR count). The fraction of sp³-hybridized carbons (Fsp3) is 0.571. The zero-order valence-corrected chi connectivity index (χ0v) is 16.7. The lowest BCUT2D eigenvalue weighted by molar-refractivity contribution is -0.142. The van der Waals surface area contributed by atoms with E-state index in [-0.39, 0.29) is 29.6 Å². The van der Waals surface area contributed by atoms with Crippen LogP contribution in [-0.4, -0.2) is 64.9 Å². The van der Waals surface area contributed by atoms with Crippen molar-refractivity contribution in [1.29, 1.82) is 0 Å². The molecule has 2 atom stereocenters. The van der Waals surface area contributed by atoms with Crippen LogP contribution in [0.4, 0.5) is 5.82 Å². The van der Waals surface area contributed by atoms with E-state index in [1.54, 1.807) is 11.1 Å². The first-order valence-corrected chi connectivity index (χ1v) is 10.5. The van der Waals surface area contributed by atoms with Crippen molar-refractivity contribution in [2.75, 3.05) is 31.1 Å². The maximum atomic E-state index is 12.7. The summed E-state index contributed by atoms with van der Waals surface area (Å²) in [6.45, 7) is 2.26. The van der Waals surface area contributed by atoms with Crippen molar-refractivity contribution in [1.82, 2.24) is 15.2 Å². The molecule has 3 fully saturated rings. The summed E-state index contributed by atoms with van der Waals surface area (Å²) in [6, 6.07) is 3.77. The molecule has 0 radical (unpaired) electrons. The molecule has 4 heterocycles. The van der Waals surface area contributed by atoms with Gasteiger partial charge in [-0.15, -0.1) is 0 Å². The number of carboxylic acids is 1. The maximum Gasteiger partial charge on any atom is 0.308 e. The van der Waals surface area contributed by atoms with E-state index in [1.807, 2.05) is 12.1 Å². The van der Waals surface area contributed by atoms with E-state index in [0.717, 1.165) is 11.4 Å². The molecule has 3 saturated heterocycles. The summed E-state index contributed by atoms with van der Waals surface area (Å²) in [4.78, 5) is 55.5. The number of likely N-dealkylation sites (tertiary alicyclic amines) is 1. The summed E-state index contributed by atoms with van der Waals surface area (Å²) in [5, 5.41) is 11.5. The predicted octanol–water partition coefficient (Wildman–Crippen LogP) is 0.751. The van der Waals surface area contributed by atoms with Gasteiger partial charge in [0.25, 0.3) is 0 Å². The molecule has 3 aliphatic rings. The molecule has 1 aromatic rings. The smallest absolute Gasteiger partial charge is 0.308 e. The molecule has 3 aliphatic heterocycles. The average molecular weight is 414 g/mol. The lowest BCUT2D eigenvalue weighted by Crippen LogP contribution is -2.42. The van der Waals surface area contributed by atoms with Gasteiger partial charge in [-0.1, -0.05) is 6.07 Å². The third-order valence-electron chi connectivity index (χ3n) is 6.43. The Morgan fingerprint density at radius 1 is 1.03 bits per heavy atom. The number of hydrogen-bond donors (Lipinski definition) is 2. The highest BCUT2D eigenvalue weighted by Crippen LogP contribution is 2.28. The molecule has 1 aromatic heterocycles. The molecule has 1 unspecified atom stereocenters. The first-order chi connectivity index (χ1) is 14.4. The van der Waals surface area contributed by atoms with Crippen LogP contribution in [-0.2, 0) is 19.2 Å². The third kappa shape index (κ3) is 4.15. The minimum atomic E-state index is -0.827. The van der Waals surface area contributed by atoms with Gasteiger partial charge in [0.2, 0.25) is 17.7 Å². The summed E-state index contributed by atoms with van der Waals surface area (Å²) < 4.78 is 0. The van der Waals surface area contributed by atoms with Crippen LogP contribution in [0.25, 0.3) is 0 Å². The Bertz CT molecular complexity index is 847. The van der Waals surface area contributed by atoms with Crippen LogP contribution in [0.2, 0.25) is 0 Å². The number of imide groups is 1. The number of nitrogens with zero attached hydrogens (tertiary/aromatic N) is 3. The second-order valence-corrected chi connectivity index (χ2v) is 8.32. The molecular formula is C21H26N4O5. The van der Waals surface area contributed by atoms with Crippen LogP contribution in [0, 0.1) is 11.8 Å². The number of carbonyl (C=O) groups is 4. The first kappa shape index (κ1) is 20.3. The Balaban J connectivity index is 1.31. The van der Waals surface area contributed by atoms with Gasteiger partial charge in [0.15, 0.2) is 0 Å². The molecule has 3 amide bonds. The number of rotatable bonds is 4. The summed E-state index contributed by atoms with van der Waals surface area (Å²) in [5.74, 6) is -1.31. The predicted molar refractivity (Wildman–Crippen MR) is 107 cm³/mol. The highest BCUT2D eigenvalue weighted by atomic mass is 16.4. The lowest BCUT2D eigenvalue weighted by Gasteiger charge is -2.34. The molecule has 160 valence electrons. The number of nitrogens with one attached hydrogen (secondary N) is 1. The van der Waals surface area contributed by atoms with E-state index in [4.69, 9.17) is 5.11 Å². The van der Waals surface area contributed by atoms with Crippen LogP contribution >= 0.6 is 0 Å². The van der Waals surface area contributed by atoms with Crippen molar-refractivity contribution < 1.29 is 24.3 Å². The van der Waals surface area contributed by atoms with E-state index in [2.05, 4.69) is 15.2 Å². The highest BCUT2D eigenvalue weighted by molar-refractivity contribution is 6.00. The molecule has 0 bridgehead atoms. The summed E-state index contributed by atoms with van der Waals surface area (Å²) >= 11 is 0. The monoisotopic (exact) mass is 414 g/mol. The van der Waals surface area contributed by atoms with E-state index in [1.165, 1.54) is 0 Å². The van der Waals surface area contributed by atoms with E-state index in [0.29, 0.717) is 58.3 Å². The number of carbonyl (C=O) groups excluding carboxylic acids is 3. The largest absolute Gasteiger partial charge is 0.481 e. The number of hydrogen-bond acceptors (Lipinski definition) is 6. The van der Waals surface area contributed by atoms with Crippen molar-refractivity contribution in [2.24, 2.45) is 11.8 Å². The molecule has 2 N–H and O–H groups in total. The topological polar surface area (TPSA) is 120 Å². The van der Waals surface area contributed by atoms with Crippen LogP contribution in [0.1, 0.15) is 43.6 Å². The maximum absolute atomic E-state index is 12.7. The SMILES string of the molecule is O=C1CCC(c2ccc(N3CCC(C(=O)N4CC[C@@H](C(=O)O)C4)CC3)nc2)C(=O)N1. The Morgan fingerprint density at radius 3 is 2.37 bits per heavy atom. The van der Waals surface area contributed by atoms with Gasteiger partial charge in [0.1, 0.15) is 5.82 Å². The van der Waals surface area contributed by atoms with Crippen molar-refractivity contribution in [3.8, 4) is 0 Å².